The van der Waals surface area contributed by atoms with Crippen LogP contribution in [0.15, 0.2) is 18.5 Å². The molecular weight excluding hydrogens is 546 g/mol. The highest BCUT2D eigenvalue weighted by molar-refractivity contribution is 6.03. The molecule has 2 aliphatic heterocycles. The normalized spacial score (nSPS) is 18.8. The summed E-state index contributed by atoms with van der Waals surface area (Å²) in [5.74, 6) is 0.528. The number of anilines is 2. The van der Waals surface area contributed by atoms with Gasteiger partial charge in [0.25, 0.3) is 0 Å². The van der Waals surface area contributed by atoms with Gasteiger partial charge in [0.1, 0.15) is 30.0 Å². The topological polar surface area (TPSA) is 129 Å². The lowest BCUT2D eigenvalue weighted by Crippen LogP contribution is -2.59. The van der Waals surface area contributed by atoms with E-state index in [0.29, 0.717) is 30.8 Å². The first-order chi connectivity index (χ1) is 19.0. The number of likely N-dealkylation sites (tertiary alicyclic amines) is 1. The van der Waals surface area contributed by atoms with Crippen molar-refractivity contribution in [3.8, 4) is 5.75 Å². The lowest BCUT2D eigenvalue weighted by Gasteiger charge is -2.36. The van der Waals surface area contributed by atoms with Gasteiger partial charge in [0.15, 0.2) is 0 Å². The summed E-state index contributed by atoms with van der Waals surface area (Å²) in [5.41, 5.74) is 0.703. The van der Waals surface area contributed by atoms with Gasteiger partial charge in [-0.3, -0.25) is 14.4 Å². The molecule has 2 aromatic rings. The Kier molecular flexibility index (Phi) is 10.8. The van der Waals surface area contributed by atoms with Crippen molar-refractivity contribution in [2.75, 3.05) is 44.0 Å². The van der Waals surface area contributed by atoms with Crippen LogP contribution in [0, 0.1) is 5.41 Å². The number of halogens is 1. The molecule has 0 radical (unpaired) electrons. The van der Waals surface area contributed by atoms with Gasteiger partial charge >= 0.3 is 0 Å². The molecule has 3 heterocycles. The minimum Gasteiger partial charge on any atom is -0.494 e. The van der Waals surface area contributed by atoms with Crippen LogP contribution in [0.5, 0.6) is 5.75 Å². The Morgan fingerprint density at radius 3 is 2.39 bits per heavy atom. The first-order valence-electron chi connectivity index (χ1n) is 14.2. The SMILES string of the molecule is CN[C@@H](C)C(=O)N[C@H](C(=O)N1CCCC1C(=O)Nc1cc2c(N3CCCCC3)ncnc2cc1OC)C(C)(C)C.Cl. The van der Waals surface area contributed by atoms with Gasteiger partial charge in [0.2, 0.25) is 17.7 Å². The second kappa shape index (κ2) is 13.7. The first-order valence-corrected chi connectivity index (χ1v) is 14.2. The van der Waals surface area contributed by atoms with Crippen molar-refractivity contribution >= 4 is 52.5 Å². The number of carbonyl (C=O) groups is 3. The van der Waals surface area contributed by atoms with E-state index in [9.17, 15) is 14.4 Å². The monoisotopic (exact) mass is 589 g/mol. The van der Waals surface area contributed by atoms with Crippen LogP contribution in [0.3, 0.4) is 0 Å². The van der Waals surface area contributed by atoms with E-state index in [1.165, 1.54) is 6.42 Å². The summed E-state index contributed by atoms with van der Waals surface area (Å²) in [6.07, 6.45) is 6.23. The largest absolute Gasteiger partial charge is 0.494 e. The van der Waals surface area contributed by atoms with Gasteiger partial charge in [-0.2, -0.15) is 0 Å². The van der Waals surface area contributed by atoms with Crippen molar-refractivity contribution in [1.82, 2.24) is 25.5 Å². The quantitative estimate of drug-likeness (QED) is 0.428. The van der Waals surface area contributed by atoms with Crippen LogP contribution in [-0.4, -0.2) is 84.5 Å². The molecular formula is C29H44ClN7O4. The maximum absolute atomic E-state index is 13.8. The summed E-state index contributed by atoms with van der Waals surface area (Å²) in [6, 6.07) is 1.79. The number of carbonyl (C=O) groups excluding carboxylic acids is 3. The Balaban J connectivity index is 0.00000462. The molecule has 1 aromatic heterocycles. The minimum atomic E-state index is -0.774. The minimum absolute atomic E-state index is 0. The zero-order chi connectivity index (χ0) is 29.0. The lowest BCUT2D eigenvalue weighted by atomic mass is 9.85. The second-order valence-corrected chi connectivity index (χ2v) is 11.8. The number of likely N-dealkylation sites (N-methyl/N-ethyl adjacent to an activating group) is 1. The van der Waals surface area contributed by atoms with Crippen LogP contribution in [0.25, 0.3) is 10.9 Å². The van der Waals surface area contributed by atoms with Crippen LogP contribution in [0.2, 0.25) is 0 Å². The molecule has 41 heavy (non-hydrogen) atoms. The van der Waals surface area contributed by atoms with Gasteiger partial charge in [-0.25, -0.2) is 9.97 Å². The molecule has 2 aliphatic rings. The predicted octanol–water partition coefficient (Wildman–Crippen LogP) is 3.12. The van der Waals surface area contributed by atoms with Crippen molar-refractivity contribution in [2.24, 2.45) is 5.41 Å². The number of aromatic nitrogens is 2. The van der Waals surface area contributed by atoms with Crippen LogP contribution < -0.4 is 25.6 Å². The van der Waals surface area contributed by atoms with E-state index in [0.717, 1.165) is 42.7 Å². The molecule has 1 unspecified atom stereocenters. The predicted molar refractivity (Wildman–Crippen MR) is 163 cm³/mol. The van der Waals surface area contributed by atoms with E-state index in [4.69, 9.17) is 4.74 Å². The Labute approximate surface area is 248 Å². The molecule has 4 rings (SSSR count). The summed E-state index contributed by atoms with van der Waals surface area (Å²) in [7, 11) is 3.25. The fourth-order valence-corrected chi connectivity index (χ4v) is 5.43. The molecule has 3 amide bonds. The number of piperidine rings is 1. The molecule has 2 fully saturated rings. The Hall–Kier alpha value is -3.18. The third-order valence-electron chi connectivity index (χ3n) is 7.91. The van der Waals surface area contributed by atoms with Gasteiger partial charge in [-0.15, -0.1) is 12.4 Å². The molecule has 12 heteroatoms. The van der Waals surface area contributed by atoms with Gasteiger partial charge in [-0.05, 0) is 57.6 Å². The van der Waals surface area contributed by atoms with E-state index < -0.39 is 23.5 Å². The third kappa shape index (κ3) is 7.19. The third-order valence-corrected chi connectivity index (χ3v) is 7.91. The van der Waals surface area contributed by atoms with Crippen molar-refractivity contribution in [2.45, 2.75) is 77.9 Å². The summed E-state index contributed by atoms with van der Waals surface area (Å²) < 4.78 is 5.61. The molecule has 11 nitrogen and oxygen atoms in total. The van der Waals surface area contributed by atoms with E-state index in [-0.39, 0.29) is 30.1 Å². The van der Waals surface area contributed by atoms with Crippen molar-refractivity contribution in [1.29, 1.82) is 0 Å². The summed E-state index contributed by atoms with van der Waals surface area (Å²) in [6.45, 7) is 9.77. The number of nitrogens with zero attached hydrogens (tertiary/aromatic N) is 4. The second-order valence-electron chi connectivity index (χ2n) is 11.8. The summed E-state index contributed by atoms with van der Waals surface area (Å²) >= 11 is 0. The molecule has 0 bridgehead atoms. The highest BCUT2D eigenvalue weighted by Crippen LogP contribution is 2.35. The molecule has 3 N–H and O–H groups in total. The van der Waals surface area contributed by atoms with Gasteiger partial charge in [0.05, 0.1) is 24.4 Å². The van der Waals surface area contributed by atoms with Crippen molar-refractivity contribution in [3.63, 3.8) is 0 Å². The number of nitrogens with one attached hydrogen (secondary N) is 3. The molecule has 0 aliphatic carbocycles. The standard InChI is InChI=1S/C29H43N7O4.ClH/c1-18(30-5)26(37)34-24(29(2,3)4)28(39)36-14-10-11-22(36)27(38)33-21-15-19-20(16-23(21)40-6)31-17-32-25(19)35-12-8-7-9-13-35;/h15-18,22,24,30H,7-14H2,1-6H3,(H,33,38)(H,34,37);1H/t18-,22?,24+;/m0./s1. The fourth-order valence-electron chi connectivity index (χ4n) is 5.43. The van der Waals surface area contributed by atoms with Crippen molar-refractivity contribution in [3.05, 3.63) is 18.5 Å². The molecule has 0 saturated carbocycles. The molecule has 226 valence electrons. The summed E-state index contributed by atoms with van der Waals surface area (Å²) in [4.78, 5) is 53.0. The number of fused-ring (bicyclic) bond motifs is 1. The van der Waals surface area contributed by atoms with Gasteiger partial charge in [0, 0.05) is 31.1 Å². The Morgan fingerprint density at radius 1 is 1.05 bits per heavy atom. The number of methoxy groups -OCH3 is 1. The number of hydrogen-bond acceptors (Lipinski definition) is 8. The zero-order valence-electron chi connectivity index (χ0n) is 25.0. The lowest BCUT2D eigenvalue weighted by molar-refractivity contribution is -0.143. The van der Waals surface area contributed by atoms with E-state index >= 15 is 0 Å². The van der Waals surface area contributed by atoms with Crippen LogP contribution in [-0.2, 0) is 14.4 Å². The number of rotatable bonds is 8. The maximum Gasteiger partial charge on any atom is 0.247 e. The van der Waals surface area contributed by atoms with Crippen molar-refractivity contribution < 1.29 is 19.1 Å². The average molecular weight is 590 g/mol. The first kappa shape index (κ1) is 32.3. The Bertz CT molecular complexity index is 1250. The van der Waals surface area contributed by atoms with E-state index in [1.807, 2.05) is 32.9 Å². The average Bonchev–Trinajstić information content (AvgIpc) is 3.44. The van der Waals surface area contributed by atoms with Crippen LogP contribution >= 0.6 is 12.4 Å². The number of ether oxygens (including phenoxy) is 1. The number of amides is 3. The molecule has 2 saturated heterocycles. The molecule has 3 atom stereocenters. The smallest absolute Gasteiger partial charge is 0.247 e. The van der Waals surface area contributed by atoms with Crippen LogP contribution in [0.4, 0.5) is 11.5 Å². The van der Waals surface area contributed by atoms with Gasteiger partial charge in [-0.1, -0.05) is 20.8 Å². The van der Waals surface area contributed by atoms with Crippen LogP contribution in [0.1, 0.15) is 59.8 Å². The highest BCUT2D eigenvalue weighted by atomic mass is 35.5. The highest BCUT2D eigenvalue weighted by Gasteiger charge is 2.42. The number of benzene rings is 1. The molecule has 0 spiro atoms. The maximum atomic E-state index is 13.8. The van der Waals surface area contributed by atoms with Gasteiger partial charge < -0.3 is 30.5 Å². The Morgan fingerprint density at radius 2 is 1.76 bits per heavy atom. The fraction of sp³-hybridized carbons (Fsp3) is 0.621. The zero-order valence-corrected chi connectivity index (χ0v) is 25.8. The number of hydrogen-bond donors (Lipinski definition) is 3. The van der Waals surface area contributed by atoms with E-state index in [2.05, 4.69) is 30.8 Å². The van der Waals surface area contributed by atoms with E-state index in [1.54, 1.807) is 32.3 Å². The summed E-state index contributed by atoms with van der Waals surface area (Å²) in [5, 5.41) is 9.68. The molecule has 1 aromatic carbocycles.